The standard InChI is InChI=1S/C28H28N4O/c33-28(26-7-3-1-6-23(26)18-31-12-11-29-19-31)32-24-9-10-25(32)16-20(15-24)13-21-14-22-5-2-4-8-27(22)30-17-21/h1-8,11-12,14,17,19-20,24-25H,9-10,13,15-16,18H2/t24-,25-/m0/s1. The van der Waals surface area contributed by atoms with Gasteiger partial charge < -0.3 is 9.47 Å². The molecule has 4 heterocycles. The van der Waals surface area contributed by atoms with Crippen LogP contribution in [0.3, 0.4) is 0 Å². The average molecular weight is 437 g/mol. The van der Waals surface area contributed by atoms with Crippen LogP contribution in [0.4, 0.5) is 0 Å². The number of piperidine rings is 1. The number of para-hydroxylation sites is 1. The zero-order chi connectivity index (χ0) is 22.2. The van der Waals surface area contributed by atoms with Gasteiger partial charge in [-0.05, 0) is 67.3 Å². The maximum Gasteiger partial charge on any atom is 0.254 e. The van der Waals surface area contributed by atoms with Crippen LogP contribution >= 0.6 is 0 Å². The fraction of sp³-hybridized carbons (Fsp3) is 0.321. The van der Waals surface area contributed by atoms with E-state index >= 15 is 0 Å². The molecule has 5 nitrogen and oxygen atoms in total. The maximum absolute atomic E-state index is 13.7. The van der Waals surface area contributed by atoms with Gasteiger partial charge in [0.2, 0.25) is 0 Å². The van der Waals surface area contributed by atoms with Crippen LogP contribution in [-0.4, -0.2) is 37.4 Å². The third-order valence-corrected chi connectivity index (χ3v) is 7.40. The monoisotopic (exact) mass is 436 g/mol. The highest BCUT2D eigenvalue weighted by atomic mass is 16.2. The number of imidazole rings is 1. The third-order valence-electron chi connectivity index (χ3n) is 7.40. The maximum atomic E-state index is 13.7. The number of aromatic nitrogens is 3. The van der Waals surface area contributed by atoms with Gasteiger partial charge in [-0.25, -0.2) is 4.98 Å². The molecule has 2 aromatic carbocycles. The number of benzene rings is 2. The fourth-order valence-electron chi connectivity index (χ4n) is 5.93. The second-order valence-electron chi connectivity index (χ2n) is 9.57. The summed E-state index contributed by atoms with van der Waals surface area (Å²) in [7, 11) is 0. The van der Waals surface area contributed by atoms with Gasteiger partial charge in [0.1, 0.15) is 0 Å². The molecule has 0 saturated carbocycles. The molecule has 0 radical (unpaired) electrons. The largest absolute Gasteiger partial charge is 0.333 e. The lowest BCUT2D eigenvalue weighted by Gasteiger charge is -2.39. The Morgan fingerprint density at radius 1 is 1.00 bits per heavy atom. The smallest absolute Gasteiger partial charge is 0.254 e. The van der Waals surface area contributed by atoms with E-state index in [1.54, 1.807) is 12.5 Å². The summed E-state index contributed by atoms with van der Waals surface area (Å²) in [5.41, 5.74) is 4.25. The zero-order valence-electron chi connectivity index (χ0n) is 18.7. The lowest BCUT2D eigenvalue weighted by atomic mass is 9.85. The molecule has 0 unspecified atom stereocenters. The van der Waals surface area contributed by atoms with Gasteiger partial charge in [-0.1, -0.05) is 36.4 Å². The molecule has 166 valence electrons. The summed E-state index contributed by atoms with van der Waals surface area (Å²) in [4.78, 5) is 24.7. The Morgan fingerprint density at radius 3 is 2.61 bits per heavy atom. The SMILES string of the molecule is O=C(c1ccccc1Cn1ccnc1)N1[C@H]2CC[C@H]1CC(Cc1cnc3ccccc3c1)C2. The minimum absolute atomic E-state index is 0.198. The number of hydrogen-bond acceptors (Lipinski definition) is 3. The lowest BCUT2D eigenvalue weighted by molar-refractivity contribution is 0.0523. The number of rotatable bonds is 5. The van der Waals surface area contributed by atoms with Crippen LogP contribution < -0.4 is 0 Å². The Kier molecular flexibility index (Phi) is 5.17. The van der Waals surface area contributed by atoms with Crippen molar-refractivity contribution in [2.75, 3.05) is 0 Å². The number of hydrogen-bond donors (Lipinski definition) is 0. The minimum Gasteiger partial charge on any atom is -0.333 e. The minimum atomic E-state index is 0.198. The molecular weight excluding hydrogens is 408 g/mol. The Morgan fingerprint density at radius 2 is 1.79 bits per heavy atom. The number of fused-ring (bicyclic) bond motifs is 3. The van der Waals surface area contributed by atoms with Gasteiger partial charge >= 0.3 is 0 Å². The van der Waals surface area contributed by atoms with E-state index in [0.717, 1.165) is 48.7 Å². The van der Waals surface area contributed by atoms with E-state index in [4.69, 9.17) is 0 Å². The highest BCUT2D eigenvalue weighted by Crippen LogP contribution is 2.41. The zero-order valence-corrected chi connectivity index (χ0v) is 18.7. The van der Waals surface area contributed by atoms with E-state index in [1.165, 1.54) is 10.9 Å². The van der Waals surface area contributed by atoms with Gasteiger partial charge in [-0.15, -0.1) is 0 Å². The highest BCUT2D eigenvalue weighted by molar-refractivity contribution is 5.96. The quantitative estimate of drug-likeness (QED) is 0.437. The molecule has 1 amide bonds. The Balaban J connectivity index is 1.19. The molecule has 2 bridgehead atoms. The normalized spacial score (nSPS) is 22.1. The lowest BCUT2D eigenvalue weighted by Crippen LogP contribution is -2.47. The van der Waals surface area contributed by atoms with Crippen molar-refractivity contribution in [2.24, 2.45) is 5.92 Å². The van der Waals surface area contributed by atoms with Crippen molar-refractivity contribution in [3.8, 4) is 0 Å². The first-order valence-electron chi connectivity index (χ1n) is 11.9. The first kappa shape index (κ1) is 20.2. The van der Waals surface area contributed by atoms with E-state index in [0.29, 0.717) is 24.5 Å². The van der Waals surface area contributed by atoms with Crippen LogP contribution in [0.5, 0.6) is 0 Å². The van der Waals surface area contributed by atoms with Crippen molar-refractivity contribution in [1.29, 1.82) is 0 Å². The molecule has 2 atom stereocenters. The van der Waals surface area contributed by atoms with E-state index in [-0.39, 0.29) is 5.91 Å². The Labute approximate surface area is 194 Å². The number of carbonyl (C=O) groups excluding carboxylic acids is 1. The van der Waals surface area contributed by atoms with Gasteiger partial charge in [-0.3, -0.25) is 9.78 Å². The molecule has 0 N–H and O–H groups in total. The van der Waals surface area contributed by atoms with E-state index in [9.17, 15) is 4.79 Å². The van der Waals surface area contributed by atoms with Gasteiger partial charge in [0, 0.05) is 48.2 Å². The van der Waals surface area contributed by atoms with E-state index < -0.39 is 0 Å². The van der Waals surface area contributed by atoms with Gasteiger partial charge in [0.15, 0.2) is 0 Å². The average Bonchev–Trinajstić information content (AvgIpc) is 3.44. The topological polar surface area (TPSA) is 51.0 Å². The summed E-state index contributed by atoms with van der Waals surface area (Å²) < 4.78 is 2.02. The highest BCUT2D eigenvalue weighted by Gasteiger charge is 2.43. The van der Waals surface area contributed by atoms with Crippen molar-refractivity contribution in [2.45, 2.75) is 50.7 Å². The number of carbonyl (C=O) groups is 1. The van der Waals surface area contributed by atoms with Crippen LogP contribution in [-0.2, 0) is 13.0 Å². The van der Waals surface area contributed by atoms with Crippen LogP contribution in [0.25, 0.3) is 10.9 Å². The van der Waals surface area contributed by atoms with Crippen LogP contribution in [0.15, 0.2) is 79.5 Å². The number of pyridine rings is 1. The third kappa shape index (κ3) is 3.92. The van der Waals surface area contributed by atoms with Crippen molar-refractivity contribution < 1.29 is 4.79 Å². The summed E-state index contributed by atoms with van der Waals surface area (Å²) in [6, 6.07) is 19.3. The first-order chi connectivity index (χ1) is 16.2. The molecule has 2 saturated heterocycles. The molecule has 6 rings (SSSR count). The molecule has 5 heteroatoms. The van der Waals surface area contributed by atoms with Crippen molar-refractivity contribution in [3.63, 3.8) is 0 Å². The molecule has 2 aromatic heterocycles. The molecule has 2 aliphatic heterocycles. The van der Waals surface area contributed by atoms with Crippen molar-refractivity contribution >= 4 is 16.8 Å². The predicted molar refractivity (Wildman–Crippen MR) is 129 cm³/mol. The van der Waals surface area contributed by atoms with E-state index in [1.807, 2.05) is 41.2 Å². The van der Waals surface area contributed by atoms with E-state index in [2.05, 4.69) is 45.2 Å². The summed E-state index contributed by atoms with van der Waals surface area (Å²) in [6.07, 6.45) is 13.0. The molecule has 0 aliphatic carbocycles. The van der Waals surface area contributed by atoms with Crippen LogP contribution in [0.2, 0.25) is 0 Å². The fourth-order valence-corrected chi connectivity index (χ4v) is 5.93. The molecule has 33 heavy (non-hydrogen) atoms. The molecule has 2 fully saturated rings. The second kappa shape index (κ2) is 8.47. The van der Waals surface area contributed by atoms with Crippen LogP contribution in [0, 0.1) is 5.92 Å². The van der Waals surface area contributed by atoms with Gasteiger partial charge in [-0.2, -0.15) is 0 Å². The van der Waals surface area contributed by atoms with Crippen molar-refractivity contribution in [3.05, 3.63) is 96.2 Å². The number of nitrogens with zero attached hydrogens (tertiary/aromatic N) is 4. The van der Waals surface area contributed by atoms with Gasteiger partial charge in [0.25, 0.3) is 5.91 Å². The van der Waals surface area contributed by atoms with Crippen LogP contribution in [0.1, 0.15) is 47.2 Å². The molecule has 2 aliphatic rings. The summed E-state index contributed by atoms with van der Waals surface area (Å²) in [6.45, 7) is 0.669. The Bertz CT molecular complexity index is 1270. The van der Waals surface area contributed by atoms with Crippen molar-refractivity contribution in [1.82, 2.24) is 19.4 Å². The number of amides is 1. The summed E-state index contributed by atoms with van der Waals surface area (Å²) >= 11 is 0. The predicted octanol–water partition coefficient (Wildman–Crippen LogP) is 5.11. The molecule has 0 spiro atoms. The Hall–Kier alpha value is -3.47. The summed E-state index contributed by atoms with van der Waals surface area (Å²) in [5.74, 6) is 0.805. The first-order valence-corrected chi connectivity index (χ1v) is 11.9. The van der Waals surface area contributed by atoms with Gasteiger partial charge in [0.05, 0.1) is 11.8 Å². The second-order valence-corrected chi connectivity index (χ2v) is 9.57. The molecular formula is C28H28N4O. The summed E-state index contributed by atoms with van der Waals surface area (Å²) in [5, 5.41) is 1.21. The molecule has 4 aromatic rings.